The van der Waals surface area contributed by atoms with Crippen molar-refractivity contribution < 1.29 is 5.11 Å². The van der Waals surface area contributed by atoms with Crippen LogP contribution in [-0.2, 0) is 0 Å². The molecule has 2 atom stereocenters. The lowest BCUT2D eigenvalue weighted by Gasteiger charge is -2.22. The Bertz CT molecular complexity index is 399. The zero-order valence-electron chi connectivity index (χ0n) is 11.7. The van der Waals surface area contributed by atoms with Gasteiger partial charge in [-0.05, 0) is 38.2 Å². The minimum Gasteiger partial charge on any atom is -0.390 e. The fourth-order valence-electron chi connectivity index (χ4n) is 1.99. The summed E-state index contributed by atoms with van der Waals surface area (Å²) in [6, 6.07) is 5.82. The molecule has 3 nitrogen and oxygen atoms in total. The van der Waals surface area contributed by atoms with Crippen LogP contribution in [0.4, 0.5) is 0 Å². The minimum absolute atomic E-state index is 0.173. The van der Waals surface area contributed by atoms with Crippen molar-refractivity contribution in [2.24, 2.45) is 0 Å². The van der Waals surface area contributed by atoms with Gasteiger partial charge >= 0.3 is 0 Å². The van der Waals surface area contributed by atoms with E-state index in [1.54, 1.807) is 6.07 Å². The van der Waals surface area contributed by atoms with Gasteiger partial charge in [0.2, 0.25) is 0 Å². The quantitative estimate of drug-likeness (QED) is 0.813. The number of likely N-dealkylation sites (N-methyl/N-ethyl adjacent to an activating group) is 1. The molecule has 0 bridgehead atoms. The highest BCUT2D eigenvalue weighted by Gasteiger charge is 2.13. The van der Waals surface area contributed by atoms with Crippen LogP contribution in [0.1, 0.15) is 24.9 Å². The first kappa shape index (κ1) is 16.7. The Morgan fingerprint density at radius 2 is 1.95 bits per heavy atom. The lowest BCUT2D eigenvalue weighted by Crippen LogP contribution is -2.36. The van der Waals surface area contributed by atoms with Gasteiger partial charge in [-0.1, -0.05) is 36.2 Å². The van der Waals surface area contributed by atoms with Crippen LogP contribution in [-0.4, -0.2) is 43.3 Å². The predicted octanol–water partition coefficient (Wildman–Crippen LogP) is 2.96. The Balaban J connectivity index is 2.60. The Labute approximate surface area is 125 Å². The van der Waals surface area contributed by atoms with E-state index in [1.165, 1.54) is 0 Å². The highest BCUT2D eigenvalue weighted by molar-refractivity contribution is 6.42. The number of hydrogen-bond acceptors (Lipinski definition) is 3. The zero-order valence-corrected chi connectivity index (χ0v) is 13.2. The van der Waals surface area contributed by atoms with E-state index in [-0.39, 0.29) is 12.1 Å². The average Bonchev–Trinajstić information content (AvgIpc) is 2.33. The fraction of sp³-hybridized carbons (Fsp3) is 0.571. The molecule has 19 heavy (non-hydrogen) atoms. The van der Waals surface area contributed by atoms with E-state index in [0.29, 0.717) is 23.1 Å². The molecule has 0 aliphatic rings. The smallest absolute Gasteiger partial charge is 0.0791 e. The molecule has 0 heterocycles. The molecule has 5 heteroatoms. The molecule has 1 rings (SSSR count). The maximum absolute atomic E-state index is 9.86. The summed E-state index contributed by atoms with van der Waals surface area (Å²) in [5.74, 6) is 0. The monoisotopic (exact) mass is 304 g/mol. The molecule has 0 spiro atoms. The summed E-state index contributed by atoms with van der Waals surface area (Å²) in [6.07, 6.45) is 0.541. The zero-order chi connectivity index (χ0) is 14.4. The van der Waals surface area contributed by atoms with Gasteiger partial charge in [-0.2, -0.15) is 0 Å². The van der Waals surface area contributed by atoms with Crippen LogP contribution >= 0.6 is 23.2 Å². The second-order valence-electron chi connectivity index (χ2n) is 4.96. The largest absolute Gasteiger partial charge is 0.390 e. The van der Waals surface area contributed by atoms with Crippen LogP contribution in [0, 0.1) is 0 Å². The molecule has 0 aromatic heterocycles. The number of nitrogens with one attached hydrogen (secondary N) is 1. The first-order chi connectivity index (χ1) is 8.93. The topological polar surface area (TPSA) is 35.5 Å². The Morgan fingerprint density at radius 1 is 1.26 bits per heavy atom. The SMILES string of the molecule is CCC(NCC(O)CN(C)C)c1ccc(Cl)c(Cl)c1. The number of nitrogens with zero attached hydrogens (tertiary/aromatic N) is 1. The van der Waals surface area contributed by atoms with Crippen LogP contribution in [0.25, 0.3) is 0 Å². The van der Waals surface area contributed by atoms with Crippen LogP contribution < -0.4 is 5.32 Å². The molecule has 0 saturated carbocycles. The summed E-state index contributed by atoms with van der Waals surface area (Å²) < 4.78 is 0. The Kier molecular flexibility index (Phi) is 7.11. The number of aliphatic hydroxyl groups excluding tert-OH is 1. The van der Waals surface area contributed by atoms with Crippen LogP contribution in [0.3, 0.4) is 0 Å². The van der Waals surface area contributed by atoms with E-state index in [9.17, 15) is 5.11 Å². The summed E-state index contributed by atoms with van der Waals surface area (Å²) in [4.78, 5) is 1.96. The summed E-state index contributed by atoms with van der Waals surface area (Å²) in [5, 5.41) is 14.3. The molecule has 1 aromatic carbocycles. The van der Waals surface area contributed by atoms with Gasteiger partial charge in [0.25, 0.3) is 0 Å². The Morgan fingerprint density at radius 3 is 2.47 bits per heavy atom. The van der Waals surface area contributed by atoms with E-state index in [2.05, 4.69) is 12.2 Å². The van der Waals surface area contributed by atoms with Gasteiger partial charge in [0.15, 0.2) is 0 Å². The van der Waals surface area contributed by atoms with E-state index in [4.69, 9.17) is 23.2 Å². The molecular weight excluding hydrogens is 283 g/mol. The number of aliphatic hydroxyl groups is 1. The molecule has 2 unspecified atom stereocenters. The van der Waals surface area contributed by atoms with Gasteiger partial charge in [-0.15, -0.1) is 0 Å². The van der Waals surface area contributed by atoms with Crippen molar-refractivity contribution in [1.29, 1.82) is 0 Å². The average molecular weight is 305 g/mol. The molecule has 0 amide bonds. The number of halogens is 2. The predicted molar refractivity (Wildman–Crippen MR) is 82.1 cm³/mol. The fourth-order valence-corrected chi connectivity index (χ4v) is 2.30. The van der Waals surface area contributed by atoms with Crippen LogP contribution in [0.2, 0.25) is 10.0 Å². The van der Waals surface area contributed by atoms with E-state index < -0.39 is 0 Å². The molecule has 0 saturated heterocycles. The van der Waals surface area contributed by atoms with E-state index in [1.807, 2.05) is 31.1 Å². The van der Waals surface area contributed by atoms with Gasteiger partial charge < -0.3 is 15.3 Å². The molecule has 0 aliphatic heterocycles. The van der Waals surface area contributed by atoms with Crippen LogP contribution in [0.5, 0.6) is 0 Å². The van der Waals surface area contributed by atoms with Crippen molar-refractivity contribution in [1.82, 2.24) is 10.2 Å². The summed E-state index contributed by atoms with van der Waals surface area (Å²) in [7, 11) is 3.89. The summed E-state index contributed by atoms with van der Waals surface area (Å²) in [6.45, 7) is 3.29. The third-order valence-electron chi connectivity index (χ3n) is 2.93. The van der Waals surface area contributed by atoms with E-state index in [0.717, 1.165) is 12.0 Å². The molecule has 108 valence electrons. The second-order valence-corrected chi connectivity index (χ2v) is 5.77. The first-order valence-electron chi connectivity index (χ1n) is 6.45. The highest BCUT2D eigenvalue weighted by Crippen LogP contribution is 2.26. The van der Waals surface area contributed by atoms with Gasteiger partial charge in [0.05, 0.1) is 16.1 Å². The molecule has 0 aliphatic carbocycles. The number of hydrogen-bond donors (Lipinski definition) is 2. The third kappa shape index (κ3) is 5.67. The molecular formula is C14H22Cl2N2O. The van der Waals surface area contributed by atoms with Gasteiger partial charge in [-0.3, -0.25) is 0 Å². The van der Waals surface area contributed by atoms with Crippen molar-refractivity contribution in [2.45, 2.75) is 25.5 Å². The maximum Gasteiger partial charge on any atom is 0.0791 e. The molecule has 0 fully saturated rings. The van der Waals surface area contributed by atoms with Crippen molar-refractivity contribution >= 4 is 23.2 Å². The second kappa shape index (κ2) is 8.08. The molecule has 0 radical (unpaired) electrons. The highest BCUT2D eigenvalue weighted by atomic mass is 35.5. The van der Waals surface area contributed by atoms with Crippen molar-refractivity contribution in [3.05, 3.63) is 33.8 Å². The van der Waals surface area contributed by atoms with Crippen molar-refractivity contribution in [2.75, 3.05) is 27.2 Å². The first-order valence-corrected chi connectivity index (χ1v) is 7.20. The molecule has 1 aromatic rings. The summed E-state index contributed by atoms with van der Waals surface area (Å²) >= 11 is 11.9. The van der Waals surface area contributed by atoms with Crippen molar-refractivity contribution in [3.8, 4) is 0 Å². The van der Waals surface area contributed by atoms with Gasteiger partial charge in [0, 0.05) is 19.1 Å². The molecule has 2 N–H and O–H groups in total. The number of benzene rings is 1. The summed E-state index contributed by atoms with van der Waals surface area (Å²) in [5.41, 5.74) is 1.09. The standard InChI is InChI=1S/C14H22Cl2N2O/c1-4-14(17-8-11(19)9-18(2)3)10-5-6-12(15)13(16)7-10/h5-7,11,14,17,19H,4,8-9H2,1-3H3. The van der Waals surface area contributed by atoms with Gasteiger partial charge in [-0.25, -0.2) is 0 Å². The number of rotatable bonds is 7. The van der Waals surface area contributed by atoms with Gasteiger partial charge in [0.1, 0.15) is 0 Å². The van der Waals surface area contributed by atoms with E-state index >= 15 is 0 Å². The lowest BCUT2D eigenvalue weighted by atomic mass is 10.0. The Hall–Kier alpha value is -0.320. The third-order valence-corrected chi connectivity index (χ3v) is 3.67. The normalized spacial score (nSPS) is 14.7. The van der Waals surface area contributed by atoms with Crippen molar-refractivity contribution in [3.63, 3.8) is 0 Å². The van der Waals surface area contributed by atoms with Crippen LogP contribution in [0.15, 0.2) is 18.2 Å². The minimum atomic E-state index is -0.383. The maximum atomic E-state index is 9.86. The lowest BCUT2D eigenvalue weighted by molar-refractivity contribution is 0.131.